The first kappa shape index (κ1) is 23.5. The van der Waals surface area contributed by atoms with Gasteiger partial charge in [0.25, 0.3) is 5.69 Å². The quantitative estimate of drug-likeness (QED) is 0.468. The number of ether oxygens (including phenoxy) is 1. The Kier molecular flexibility index (Phi) is 7.87. The SMILES string of the molecule is CC(=O)S[C@]1(CCO)C[C@@H](N2CCNCC2)N(C(=O)OCc2ccc([N+](=O)[O-])cc2)C1. The number of thioether (sulfide) groups is 1. The number of aliphatic hydroxyl groups excluding tert-OH is 1. The van der Waals surface area contributed by atoms with E-state index >= 15 is 0 Å². The number of hydrogen-bond donors (Lipinski definition) is 2. The molecular weight excluding hydrogens is 424 g/mol. The lowest BCUT2D eigenvalue weighted by molar-refractivity contribution is -0.384. The van der Waals surface area contributed by atoms with Crippen LogP contribution in [0.5, 0.6) is 0 Å². The number of amides is 1. The van der Waals surface area contributed by atoms with E-state index in [-0.39, 0.29) is 30.2 Å². The van der Waals surface area contributed by atoms with Gasteiger partial charge < -0.3 is 15.2 Å². The summed E-state index contributed by atoms with van der Waals surface area (Å²) in [7, 11) is 0. The number of nitrogens with one attached hydrogen (secondary N) is 1. The van der Waals surface area contributed by atoms with Gasteiger partial charge in [-0.15, -0.1) is 0 Å². The standard InChI is InChI=1S/C20H28N4O6S/c1-15(26)31-20(6-11-25)12-18(22-9-7-21-8-10-22)23(14-20)19(27)30-13-16-2-4-17(5-3-16)24(28)29/h2-5,18,21,25H,6-14H2,1H3/t18-,20+/m0/s1. The predicted molar refractivity (Wildman–Crippen MR) is 116 cm³/mol. The van der Waals surface area contributed by atoms with Crippen molar-refractivity contribution in [1.29, 1.82) is 0 Å². The maximum atomic E-state index is 13.0. The highest BCUT2D eigenvalue weighted by molar-refractivity contribution is 8.14. The number of benzene rings is 1. The molecule has 0 aromatic heterocycles. The number of nitrogens with zero attached hydrogens (tertiary/aromatic N) is 3. The Hall–Kier alpha value is -2.21. The third-order valence-electron chi connectivity index (χ3n) is 5.62. The highest BCUT2D eigenvalue weighted by atomic mass is 32.2. The van der Waals surface area contributed by atoms with E-state index in [4.69, 9.17) is 4.74 Å². The summed E-state index contributed by atoms with van der Waals surface area (Å²) in [6.45, 7) is 4.91. The molecule has 2 fully saturated rings. The van der Waals surface area contributed by atoms with Gasteiger partial charge in [-0.25, -0.2) is 4.79 Å². The molecule has 0 bridgehead atoms. The normalized spacial score (nSPS) is 24.2. The Bertz CT molecular complexity index is 801. The van der Waals surface area contributed by atoms with Crippen LogP contribution in [0.15, 0.2) is 24.3 Å². The highest BCUT2D eigenvalue weighted by Crippen LogP contribution is 2.43. The number of rotatable bonds is 7. The van der Waals surface area contributed by atoms with Crippen molar-refractivity contribution >= 4 is 28.7 Å². The van der Waals surface area contributed by atoms with Gasteiger partial charge in [0, 0.05) is 63.1 Å². The molecule has 2 aliphatic rings. The van der Waals surface area contributed by atoms with E-state index in [2.05, 4.69) is 10.2 Å². The van der Waals surface area contributed by atoms with Gasteiger partial charge in [0.2, 0.25) is 0 Å². The highest BCUT2D eigenvalue weighted by Gasteiger charge is 2.49. The summed E-state index contributed by atoms with van der Waals surface area (Å²) in [6, 6.07) is 5.87. The molecule has 1 aromatic carbocycles. The van der Waals surface area contributed by atoms with E-state index in [9.17, 15) is 24.8 Å². The van der Waals surface area contributed by atoms with Crippen molar-refractivity contribution in [3.8, 4) is 0 Å². The lowest BCUT2D eigenvalue weighted by atomic mass is 10.0. The van der Waals surface area contributed by atoms with Gasteiger partial charge in [0.1, 0.15) is 6.61 Å². The Labute approximate surface area is 185 Å². The Morgan fingerprint density at radius 1 is 1.32 bits per heavy atom. The van der Waals surface area contributed by atoms with Crippen LogP contribution in [-0.2, 0) is 16.1 Å². The largest absolute Gasteiger partial charge is 0.445 e. The number of nitro groups is 1. The summed E-state index contributed by atoms with van der Waals surface area (Å²) in [6.07, 6.45) is 0.270. The van der Waals surface area contributed by atoms with E-state index in [1.807, 2.05) is 0 Å². The molecule has 11 heteroatoms. The minimum atomic E-state index is -0.553. The number of piperazine rings is 1. The fourth-order valence-corrected chi connectivity index (χ4v) is 5.41. The summed E-state index contributed by atoms with van der Waals surface area (Å²) in [5.74, 6) is 0. The second kappa shape index (κ2) is 10.4. The van der Waals surface area contributed by atoms with E-state index in [1.165, 1.54) is 30.8 Å². The zero-order valence-corrected chi connectivity index (χ0v) is 18.3. The van der Waals surface area contributed by atoms with Gasteiger partial charge in [0.15, 0.2) is 5.12 Å². The second-order valence-electron chi connectivity index (χ2n) is 7.83. The summed E-state index contributed by atoms with van der Waals surface area (Å²) in [4.78, 5) is 39.1. The molecule has 0 spiro atoms. The van der Waals surface area contributed by atoms with Gasteiger partial charge in [-0.2, -0.15) is 0 Å². The van der Waals surface area contributed by atoms with E-state index in [0.717, 1.165) is 26.2 Å². The van der Waals surface area contributed by atoms with Gasteiger partial charge >= 0.3 is 6.09 Å². The maximum Gasteiger partial charge on any atom is 0.411 e. The Morgan fingerprint density at radius 2 is 2.00 bits per heavy atom. The van der Waals surface area contributed by atoms with Crippen LogP contribution in [0.4, 0.5) is 10.5 Å². The first-order valence-corrected chi connectivity index (χ1v) is 11.1. The summed E-state index contributed by atoms with van der Waals surface area (Å²) >= 11 is 1.19. The van der Waals surface area contributed by atoms with Crippen molar-refractivity contribution in [2.45, 2.75) is 37.3 Å². The molecule has 10 nitrogen and oxygen atoms in total. The average molecular weight is 453 g/mol. The molecule has 0 aliphatic carbocycles. The van der Waals surface area contributed by atoms with Crippen molar-refractivity contribution in [3.63, 3.8) is 0 Å². The fraction of sp³-hybridized carbons (Fsp3) is 0.600. The number of aliphatic hydroxyl groups is 1. The first-order chi connectivity index (χ1) is 14.8. The molecule has 0 saturated carbocycles. The van der Waals surface area contributed by atoms with Gasteiger partial charge in [-0.1, -0.05) is 11.8 Å². The summed E-state index contributed by atoms with van der Waals surface area (Å²) in [5.41, 5.74) is 0.625. The van der Waals surface area contributed by atoms with Crippen LogP contribution >= 0.6 is 11.8 Å². The zero-order chi connectivity index (χ0) is 22.4. The number of hydrogen-bond acceptors (Lipinski definition) is 9. The van der Waals surface area contributed by atoms with Crippen molar-refractivity contribution in [1.82, 2.24) is 15.1 Å². The summed E-state index contributed by atoms with van der Waals surface area (Å²) in [5, 5.41) is 23.6. The maximum absolute atomic E-state index is 13.0. The lowest BCUT2D eigenvalue weighted by Crippen LogP contribution is -2.54. The molecule has 0 unspecified atom stereocenters. The second-order valence-corrected chi connectivity index (χ2v) is 9.47. The summed E-state index contributed by atoms with van der Waals surface area (Å²) < 4.78 is 4.97. The first-order valence-electron chi connectivity index (χ1n) is 10.3. The molecule has 2 atom stereocenters. The van der Waals surface area contributed by atoms with Crippen molar-refractivity contribution in [2.24, 2.45) is 0 Å². The van der Waals surface area contributed by atoms with Crippen molar-refractivity contribution < 1.29 is 24.4 Å². The minimum Gasteiger partial charge on any atom is -0.445 e. The molecule has 170 valence electrons. The lowest BCUT2D eigenvalue weighted by Gasteiger charge is -2.37. The molecular formula is C20H28N4O6S. The predicted octanol–water partition coefficient (Wildman–Crippen LogP) is 1.57. The van der Waals surface area contributed by atoms with E-state index in [0.29, 0.717) is 24.9 Å². The van der Waals surface area contributed by atoms with Gasteiger partial charge in [-0.05, 0) is 30.5 Å². The topological polar surface area (TPSA) is 125 Å². The number of likely N-dealkylation sites (tertiary alicyclic amines) is 1. The Morgan fingerprint density at radius 3 is 2.58 bits per heavy atom. The molecule has 1 aromatic rings. The molecule has 31 heavy (non-hydrogen) atoms. The van der Waals surface area contributed by atoms with Crippen LogP contribution in [0.3, 0.4) is 0 Å². The molecule has 2 saturated heterocycles. The third-order valence-corrected chi connectivity index (χ3v) is 6.84. The molecule has 2 aliphatic heterocycles. The van der Waals surface area contributed by atoms with Crippen LogP contribution in [0.1, 0.15) is 25.3 Å². The number of nitro benzene ring substituents is 1. The van der Waals surface area contributed by atoms with Crippen LogP contribution in [0, 0.1) is 10.1 Å². The molecule has 2 heterocycles. The van der Waals surface area contributed by atoms with Gasteiger partial charge in [0.05, 0.1) is 11.1 Å². The van der Waals surface area contributed by atoms with Crippen molar-refractivity contribution in [3.05, 3.63) is 39.9 Å². The van der Waals surface area contributed by atoms with E-state index in [1.54, 1.807) is 17.0 Å². The van der Waals surface area contributed by atoms with E-state index < -0.39 is 15.8 Å². The number of carbonyl (C=O) groups is 2. The average Bonchev–Trinajstić information content (AvgIpc) is 3.12. The molecule has 3 rings (SSSR count). The molecule has 0 radical (unpaired) electrons. The van der Waals surface area contributed by atoms with Crippen LogP contribution < -0.4 is 5.32 Å². The fourth-order valence-electron chi connectivity index (χ4n) is 4.17. The zero-order valence-electron chi connectivity index (χ0n) is 17.5. The monoisotopic (exact) mass is 452 g/mol. The number of non-ortho nitro benzene ring substituents is 1. The smallest absolute Gasteiger partial charge is 0.411 e. The molecule has 2 N–H and O–H groups in total. The third kappa shape index (κ3) is 5.94. The molecule has 1 amide bonds. The van der Waals surface area contributed by atoms with Gasteiger partial charge in [-0.3, -0.25) is 24.7 Å². The van der Waals surface area contributed by atoms with Crippen LogP contribution in [0.25, 0.3) is 0 Å². The number of carbonyl (C=O) groups excluding carboxylic acids is 2. The minimum absolute atomic E-state index is 0.00550. The van der Waals surface area contributed by atoms with Crippen LogP contribution in [0.2, 0.25) is 0 Å². The van der Waals surface area contributed by atoms with Crippen LogP contribution in [-0.4, -0.2) is 81.3 Å². The Balaban J connectivity index is 1.73. The van der Waals surface area contributed by atoms with Crippen molar-refractivity contribution in [2.75, 3.05) is 39.3 Å².